The van der Waals surface area contributed by atoms with Gasteiger partial charge in [-0.3, -0.25) is 9.59 Å². The van der Waals surface area contributed by atoms with E-state index in [0.29, 0.717) is 17.0 Å². The fraction of sp³-hybridized carbons (Fsp3) is 0.500. The summed E-state index contributed by atoms with van der Waals surface area (Å²) in [5, 5.41) is 3.26. The Kier molecular flexibility index (Phi) is 3.68. The van der Waals surface area contributed by atoms with Gasteiger partial charge >= 0.3 is 0 Å². The molecule has 0 saturated carbocycles. The second kappa shape index (κ2) is 5.48. The molecule has 1 unspecified atom stereocenters. The number of hydrogen-bond acceptors (Lipinski definition) is 4. The molecule has 1 aromatic carbocycles. The van der Waals surface area contributed by atoms with E-state index in [4.69, 9.17) is 4.74 Å². The SMILES string of the molecule is CC1Oc2ccc(C(=O)C3CCNCC3)cc2N(C)C1=O. The highest BCUT2D eigenvalue weighted by molar-refractivity contribution is 6.03. The highest BCUT2D eigenvalue weighted by Gasteiger charge is 2.30. The van der Waals surface area contributed by atoms with Gasteiger partial charge in [0.15, 0.2) is 11.9 Å². The lowest BCUT2D eigenvalue weighted by atomic mass is 9.89. The maximum Gasteiger partial charge on any atom is 0.267 e. The Bertz CT molecular complexity index is 579. The number of likely N-dealkylation sites (N-methyl/N-ethyl adjacent to an activating group) is 1. The summed E-state index contributed by atoms with van der Waals surface area (Å²) in [5.74, 6) is 0.813. The largest absolute Gasteiger partial charge is 0.479 e. The van der Waals surface area contributed by atoms with Crippen molar-refractivity contribution in [2.75, 3.05) is 25.0 Å². The lowest BCUT2D eigenvalue weighted by molar-refractivity contribution is -0.125. The van der Waals surface area contributed by atoms with E-state index in [1.54, 1.807) is 37.1 Å². The van der Waals surface area contributed by atoms with Gasteiger partial charge in [-0.15, -0.1) is 0 Å². The Morgan fingerprint density at radius 2 is 2.05 bits per heavy atom. The molecule has 1 atom stereocenters. The molecule has 0 spiro atoms. The van der Waals surface area contributed by atoms with Gasteiger partial charge in [-0.2, -0.15) is 0 Å². The van der Waals surface area contributed by atoms with Crippen LogP contribution in [0.15, 0.2) is 18.2 Å². The summed E-state index contributed by atoms with van der Waals surface area (Å²) in [4.78, 5) is 26.1. The van der Waals surface area contributed by atoms with Crippen molar-refractivity contribution < 1.29 is 14.3 Å². The van der Waals surface area contributed by atoms with Gasteiger partial charge in [-0.25, -0.2) is 0 Å². The number of fused-ring (bicyclic) bond motifs is 1. The number of Topliss-reactive ketones (excluding diaryl/α,β-unsaturated/α-hetero) is 1. The van der Waals surface area contributed by atoms with Crippen molar-refractivity contribution in [3.8, 4) is 5.75 Å². The van der Waals surface area contributed by atoms with E-state index < -0.39 is 6.10 Å². The standard InChI is InChI=1S/C16H20N2O3/c1-10-16(20)18(2)13-9-12(3-4-14(13)21-10)15(19)11-5-7-17-8-6-11/h3-4,9-11,17H,5-8H2,1-2H3. The Balaban J connectivity index is 1.88. The number of hydrogen-bond donors (Lipinski definition) is 1. The summed E-state index contributed by atoms with van der Waals surface area (Å²) >= 11 is 0. The fourth-order valence-corrected chi connectivity index (χ4v) is 2.98. The molecule has 1 fully saturated rings. The number of nitrogens with one attached hydrogen (secondary N) is 1. The molecule has 21 heavy (non-hydrogen) atoms. The average Bonchev–Trinajstić information content (AvgIpc) is 2.53. The van der Waals surface area contributed by atoms with Crippen molar-refractivity contribution in [3.63, 3.8) is 0 Å². The van der Waals surface area contributed by atoms with E-state index in [2.05, 4.69) is 5.32 Å². The van der Waals surface area contributed by atoms with Crippen LogP contribution in [0.25, 0.3) is 0 Å². The minimum atomic E-state index is -0.478. The van der Waals surface area contributed by atoms with E-state index in [9.17, 15) is 9.59 Å². The van der Waals surface area contributed by atoms with Crippen LogP contribution in [-0.4, -0.2) is 37.9 Å². The van der Waals surface area contributed by atoms with Crippen molar-refractivity contribution in [2.24, 2.45) is 5.92 Å². The third-order valence-corrected chi connectivity index (χ3v) is 4.30. The third-order valence-electron chi connectivity index (χ3n) is 4.30. The summed E-state index contributed by atoms with van der Waals surface area (Å²) in [6, 6.07) is 5.38. The fourth-order valence-electron chi connectivity index (χ4n) is 2.98. The molecule has 1 N–H and O–H groups in total. The van der Waals surface area contributed by atoms with E-state index in [0.717, 1.165) is 25.9 Å². The predicted molar refractivity (Wildman–Crippen MR) is 79.9 cm³/mol. The molecule has 5 heteroatoms. The Hall–Kier alpha value is -1.88. The molecule has 0 radical (unpaired) electrons. The smallest absolute Gasteiger partial charge is 0.267 e. The number of piperidine rings is 1. The normalized spacial score (nSPS) is 22.7. The van der Waals surface area contributed by atoms with E-state index in [1.165, 1.54) is 0 Å². The van der Waals surface area contributed by atoms with Crippen LogP contribution in [0.2, 0.25) is 0 Å². The van der Waals surface area contributed by atoms with Crippen LogP contribution in [-0.2, 0) is 4.79 Å². The van der Waals surface area contributed by atoms with Crippen LogP contribution in [0.3, 0.4) is 0 Å². The van der Waals surface area contributed by atoms with Gasteiger partial charge in [0.1, 0.15) is 5.75 Å². The average molecular weight is 288 g/mol. The predicted octanol–water partition coefficient (Wildman–Crippen LogP) is 1.61. The van der Waals surface area contributed by atoms with Gasteiger partial charge in [-0.1, -0.05) is 0 Å². The minimum Gasteiger partial charge on any atom is -0.479 e. The second-order valence-corrected chi connectivity index (χ2v) is 5.73. The Morgan fingerprint density at radius 1 is 1.33 bits per heavy atom. The number of nitrogens with zero attached hydrogens (tertiary/aromatic N) is 1. The minimum absolute atomic E-state index is 0.0775. The molecule has 1 amide bonds. The molecule has 1 saturated heterocycles. The molecule has 3 rings (SSSR count). The van der Waals surface area contributed by atoms with E-state index >= 15 is 0 Å². The van der Waals surface area contributed by atoms with Gasteiger partial charge in [0.2, 0.25) is 0 Å². The Morgan fingerprint density at radius 3 is 2.76 bits per heavy atom. The molecular formula is C16H20N2O3. The lowest BCUT2D eigenvalue weighted by Gasteiger charge is -2.30. The van der Waals surface area contributed by atoms with Crippen LogP contribution >= 0.6 is 0 Å². The van der Waals surface area contributed by atoms with Crippen LogP contribution in [0.4, 0.5) is 5.69 Å². The summed E-state index contributed by atoms with van der Waals surface area (Å²) < 4.78 is 5.58. The summed E-state index contributed by atoms with van der Waals surface area (Å²) in [6.45, 7) is 3.51. The van der Waals surface area contributed by atoms with Crippen LogP contribution in [0.1, 0.15) is 30.1 Å². The first-order valence-corrected chi connectivity index (χ1v) is 7.41. The first-order valence-electron chi connectivity index (χ1n) is 7.41. The van der Waals surface area contributed by atoms with Crippen molar-refractivity contribution in [3.05, 3.63) is 23.8 Å². The van der Waals surface area contributed by atoms with Gasteiger partial charge in [0, 0.05) is 18.5 Å². The van der Waals surface area contributed by atoms with Crippen molar-refractivity contribution in [2.45, 2.75) is 25.9 Å². The molecule has 1 aromatic rings. The second-order valence-electron chi connectivity index (χ2n) is 5.73. The molecular weight excluding hydrogens is 268 g/mol. The highest BCUT2D eigenvalue weighted by Crippen LogP contribution is 2.34. The number of ether oxygens (including phenoxy) is 1. The maximum absolute atomic E-state index is 12.6. The van der Waals surface area contributed by atoms with Crippen molar-refractivity contribution in [1.82, 2.24) is 5.32 Å². The highest BCUT2D eigenvalue weighted by atomic mass is 16.5. The van der Waals surface area contributed by atoms with Crippen molar-refractivity contribution >= 4 is 17.4 Å². The summed E-state index contributed by atoms with van der Waals surface area (Å²) in [7, 11) is 1.72. The van der Waals surface area contributed by atoms with E-state index in [1.807, 2.05) is 0 Å². The summed E-state index contributed by atoms with van der Waals surface area (Å²) in [6.07, 6.45) is 1.27. The van der Waals surface area contributed by atoms with Gasteiger partial charge < -0.3 is 15.0 Å². The van der Waals surface area contributed by atoms with Crippen LogP contribution < -0.4 is 15.0 Å². The summed E-state index contributed by atoms with van der Waals surface area (Å²) in [5.41, 5.74) is 1.34. The zero-order valence-electron chi connectivity index (χ0n) is 12.4. The monoisotopic (exact) mass is 288 g/mol. The first kappa shape index (κ1) is 14.1. The maximum atomic E-state index is 12.6. The first-order chi connectivity index (χ1) is 10.1. The number of ketones is 1. The molecule has 2 aliphatic heterocycles. The van der Waals surface area contributed by atoms with Crippen LogP contribution in [0.5, 0.6) is 5.75 Å². The number of anilines is 1. The molecule has 0 aromatic heterocycles. The quantitative estimate of drug-likeness (QED) is 0.840. The molecule has 112 valence electrons. The Labute approximate surface area is 124 Å². The number of amides is 1. The number of carbonyl (C=O) groups is 2. The van der Waals surface area contributed by atoms with Gasteiger partial charge in [-0.05, 0) is 51.1 Å². The van der Waals surface area contributed by atoms with Gasteiger partial charge in [0.25, 0.3) is 5.91 Å². The molecule has 2 heterocycles. The zero-order valence-corrected chi connectivity index (χ0v) is 12.4. The molecule has 0 bridgehead atoms. The number of rotatable bonds is 2. The molecule has 5 nitrogen and oxygen atoms in total. The van der Waals surface area contributed by atoms with E-state index in [-0.39, 0.29) is 17.6 Å². The van der Waals surface area contributed by atoms with Crippen molar-refractivity contribution in [1.29, 1.82) is 0 Å². The molecule has 2 aliphatic rings. The number of carbonyl (C=O) groups excluding carboxylic acids is 2. The molecule has 0 aliphatic carbocycles. The zero-order chi connectivity index (χ0) is 15.0. The topological polar surface area (TPSA) is 58.6 Å². The third kappa shape index (κ3) is 2.53. The van der Waals surface area contributed by atoms with Crippen LogP contribution in [0, 0.1) is 5.92 Å². The lowest BCUT2D eigenvalue weighted by Crippen LogP contribution is -2.42. The van der Waals surface area contributed by atoms with Gasteiger partial charge in [0.05, 0.1) is 5.69 Å². The number of benzene rings is 1.